The molecule has 0 fully saturated rings. The second kappa shape index (κ2) is 11.8. The van der Waals surface area contributed by atoms with E-state index in [1.165, 1.54) is 32.1 Å². The van der Waals surface area contributed by atoms with Gasteiger partial charge < -0.3 is 9.47 Å². The van der Waals surface area contributed by atoms with Crippen molar-refractivity contribution in [1.82, 2.24) is 0 Å². The molecule has 0 aliphatic heterocycles. The molecule has 0 heterocycles. The zero-order valence-corrected chi connectivity index (χ0v) is 13.7. The Labute approximate surface area is 134 Å². The molecule has 1 aromatic carbocycles. The van der Waals surface area contributed by atoms with E-state index < -0.39 is 0 Å². The number of hydrogen-bond donors (Lipinski definition) is 0. The lowest BCUT2D eigenvalue weighted by Gasteiger charge is -2.08. The molecule has 0 spiro atoms. The maximum absolute atomic E-state index is 11.7. The second-order valence-corrected chi connectivity index (χ2v) is 5.48. The van der Waals surface area contributed by atoms with Crippen molar-refractivity contribution in [2.24, 2.45) is 0 Å². The first kappa shape index (κ1) is 18.3. The third kappa shape index (κ3) is 8.50. The third-order valence-corrected chi connectivity index (χ3v) is 3.53. The van der Waals surface area contributed by atoms with Crippen molar-refractivity contribution >= 4 is 5.97 Å². The highest BCUT2D eigenvalue weighted by molar-refractivity contribution is 5.87. The standard InChI is InChI=1S/C19H28O3/c1-3-4-5-6-7-8-10-13-17(2)19(20)22-16-21-18-14-11-9-12-15-18/h9,11-12,14-15H,2-8,10,13,16H2,1H3. The van der Waals surface area contributed by atoms with Crippen LogP contribution in [0.5, 0.6) is 5.75 Å². The first-order valence-electron chi connectivity index (χ1n) is 8.26. The van der Waals surface area contributed by atoms with Gasteiger partial charge in [-0.25, -0.2) is 4.79 Å². The molecule has 3 heteroatoms. The van der Waals surface area contributed by atoms with Gasteiger partial charge in [0.25, 0.3) is 0 Å². The number of ether oxygens (including phenoxy) is 2. The molecule has 3 nitrogen and oxygen atoms in total. The minimum absolute atomic E-state index is 0.0706. The summed E-state index contributed by atoms with van der Waals surface area (Å²) in [5.41, 5.74) is 0.533. The number of esters is 1. The van der Waals surface area contributed by atoms with Gasteiger partial charge in [0, 0.05) is 5.57 Å². The van der Waals surface area contributed by atoms with Gasteiger partial charge in [-0.1, -0.05) is 70.2 Å². The van der Waals surface area contributed by atoms with E-state index in [9.17, 15) is 4.79 Å². The highest BCUT2D eigenvalue weighted by atomic mass is 16.7. The fraction of sp³-hybridized carbons (Fsp3) is 0.526. The normalized spacial score (nSPS) is 10.2. The zero-order chi connectivity index (χ0) is 16.0. The summed E-state index contributed by atoms with van der Waals surface area (Å²) in [5, 5.41) is 0. The van der Waals surface area contributed by atoms with Crippen molar-refractivity contribution in [3.05, 3.63) is 42.5 Å². The maximum Gasteiger partial charge on any atom is 0.336 e. The van der Waals surface area contributed by atoms with Gasteiger partial charge in [0.15, 0.2) is 0 Å². The summed E-state index contributed by atoms with van der Waals surface area (Å²) in [7, 11) is 0. The SMILES string of the molecule is C=C(CCCCCCCCC)C(=O)OCOc1ccccc1. The number of para-hydroxylation sites is 1. The molecule has 0 amide bonds. The number of hydrogen-bond acceptors (Lipinski definition) is 3. The van der Waals surface area contributed by atoms with Gasteiger partial charge >= 0.3 is 5.97 Å². The molecule has 22 heavy (non-hydrogen) atoms. The van der Waals surface area contributed by atoms with E-state index in [0.29, 0.717) is 17.7 Å². The molecule has 0 bridgehead atoms. The molecule has 0 radical (unpaired) electrons. The van der Waals surface area contributed by atoms with E-state index in [1.807, 2.05) is 30.3 Å². The van der Waals surface area contributed by atoms with E-state index in [4.69, 9.17) is 9.47 Å². The van der Waals surface area contributed by atoms with Crippen molar-refractivity contribution in [2.75, 3.05) is 6.79 Å². The molecule has 0 unspecified atom stereocenters. The Kier molecular flexibility index (Phi) is 9.84. The van der Waals surface area contributed by atoms with Gasteiger partial charge in [-0.2, -0.15) is 0 Å². The Morgan fingerprint density at radius 2 is 1.64 bits per heavy atom. The van der Waals surface area contributed by atoms with Crippen LogP contribution in [0.4, 0.5) is 0 Å². The lowest BCUT2D eigenvalue weighted by Crippen LogP contribution is -2.12. The van der Waals surface area contributed by atoms with Gasteiger partial charge in [0.2, 0.25) is 6.79 Å². The van der Waals surface area contributed by atoms with Crippen molar-refractivity contribution < 1.29 is 14.3 Å². The number of rotatable bonds is 12. The maximum atomic E-state index is 11.7. The van der Waals surface area contributed by atoms with Crippen LogP contribution < -0.4 is 4.74 Å². The Morgan fingerprint density at radius 1 is 1.00 bits per heavy atom. The summed E-state index contributed by atoms with van der Waals surface area (Å²) in [6.07, 6.45) is 9.29. The molecule has 0 aromatic heterocycles. The van der Waals surface area contributed by atoms with E-state index in [-0.39, 0.29) is 12.8 Å². The van der Waals surface area contributed by atoms with E-state index >= 15 is 0 Å². The second-order valence-electron chi connectivity index (χ2n) is 5.48. The fourth-order valence-electron chi connectivity index (χ4n) is 2.17. The topological polar surface area (TPSA) is 35.5 Å². The third-order valence-electron chi connectivity index (χ3n) is 3.53. The van der Waals surface area contributed by atoms with Crippen molar-refractivity contribution in [3.63, 3.8) is 0 Å². The monoisotopic (exact) mass is 304 g/mol. The van der Waals surface area contributed by atoms with Gasteiger partial charge in [-0.3, -0.25) is 0 Å². The molecule has 0 saturated carbocycles. The predicted molar refractivity (Wildman–Crippen MR) is 89.8 cm³/mol. The van der Waals surface area contributed by atoms with Crippen LogP contribution in [0, 0.1) is 0 Å². The molecule has 1 aromatic rings. The van der Waals surface area contributed by atoms with Gasteiger partial charge in [0.05, 0.1) is 0 Å². The number of benzene rings is 1. The lowest BCUT2D eigenvalue weighted by atomic mass is 10.1. The molecular weight excluding hydrogens is 276 g/mol. The smallest absolute Gasteiger partial charge is 0.336 e. The molecule has 0 N–H and O–H groups in total. The highest BCUT2D eigenvalue weighted by Crippen LogP contribution is 2.13. The van der Waals surface area contributed by atoms with Crippen molar-refractivity contribution in [3.8, 4) is 5.75 Å². The lowest BCUT2D eigenvalue weighted by molar-refractivity contribution is -0.145. The van der Waals surface area contributed by atoms with Crippen molar-refractivity contribution in [1.29, 1.82) is 0 Å². The van der Waals surface area contributed by atoms with Crippen LogP contribution >= 0.6 is 0 Å². The summed E-state index contributed by atoms with van der Waals surface area (Å²) in [6, 6.07) is 9.29. The average molecular weight is 304 g/mol. The quantitative estimate of drug-likeness (QED) is 0.228. The number of carbonyl (C=O) groups excluding carboxylic acids is 1. The van der Waals surface area contributed by atoms with E-state index in [0.717, 1.165) is 12.8 Å². The summed E-state index contributed by atoms with van der Waals surface area (Å²) < 4.78 is 10.4. The van der Waals surface area contributed by atoms with Crippen LogP contribution in [0.3, 0.4) is 0 Å². The largest absolute Gasteiger partial charge is 0.457 e. The van der Waals surface area contributed by atoms with Crippen LogP contribution in [0.25, 0.3) is 0 Å². The Morgan fingerprint density at radius 3 is 2.32 bits per heavy atom. The zero-order valence-electron chi connectivity index (χ0n) is 13.7. The molecule has 0 saturated heterocycles. The molecular formula is C19H28O3. The molecule has 1 rings (SSSR count). The Balaban J connectivity index is 2.03. The van der Waals surface area contributed by atoms with E-state index in [1.54, 1.807) is 0 Å². The molecule has 0 aliphatic carbocycles. The van der Waals surface area contributed by atoms with Crippen molar-refractivity contribution in [2.45, 2.75) is 58.3 Å². The van der Waals surface area contributed by atoms with Crippen LogP contribution in [0.15, 0.2) is 42.5 Å². The van der Waals surface area contributed by atoms with Gasteiger partial charge in [0.1, 0.15) is 5.75 Å². The molecule has 0 aliphatic rings. The van der Waals surface area contributed by atoms with Crippen LogP contribution in [0.2, 0.25) is 0 Å². The van der Waals surface area contributed by atoms with E-state index in [2.05, 4.69) is 13.5 Å². The van der Waals surface area contributed by atoms with Crippen LogP contribution in [-0.2, 0) is 9.53 Å². The average Bonchev–Trinajstić information content (AvgIpc) is 2.54. The summed E-state index contributed by atoms with van der Waals surface area (Å²) >= 11 is 0. The summed E-state index contributed by atoms with van der Waals surface area (Å²) in [6.45, 7) is 5.95. The van der Waals surface area contributed by atoms with Crippen LogP contribution in [0.1, 0.15) is 58.3 Å². The first-order chi connectivity index (χ1) is 10.7. The predicted octanol–water partition coefficient (Wildman–Crippen LogP) is 5.26. The summed E-state index contributed by atoms with van der Waals surface area (Å²) in [5.74, 6) is 0.329. The Bertz CT molecular complexity index is 426. The Hall–Kier alpha value is -1.77. The van der Waals surface area contributed by atoms with Gasteiger partial charge in [-0.05, 0) is 25.0 Å². The number of unbranched alkanes of at least 4 members (excludes halogenated alkanes) is 6. The van der Waals surface area contributed by atoms with Crippen LogP contribution in [-0.4, -0.2) is 12.8 Å². The van der Waals surface area contributed by atoms with Gasteiger partial charge in [-0.15, -0.1) is 0 Å². The summed E-state index contributed by atoms with van der Waals surface area (Å²) in [4.78, 5) is 11.7. The highest BCUT2D eigenvalue weighted by Gasteiger charge is 2.08. The number of carbonyl (C=O) groups is 1. The molecule has 0 atom stereocenters. The minimum atomic E-state index is -0.359. The minimum Gasteiger partial charge on any atom is -0.457 e. The first-order valence-corrected chi connectivity index (χ1v) is 8.26. The fourth-order valence-corrected chi connectivity index (χ4v) is 2.17. The molecule has 122 valence electrons.